The lowest BCUT2D eigenvalue weighted by Crippen LogP contribution is -2.21. The van der Waals surface area contributed by atoms with Crippen LogP contribution in [0.2, 0.25) is 5.02 Å². The quantitative estimate of drug-likeness (QED) is 0.387. The summed E-state index contributed by atoms with van der Waals surface area (Å²) in [6.07, 6.45) is 1.40. The van der Waals surface area contributed by atoms with Crippen molar-refractivity contribution in [3.05, 3.63) is 112 Å². The lowest BCUT2D eigenvalue weighted by Gasteiger charge is -2.21. The molecule has 0 aliphatic carbocycles. The van der Waals surface area contributed by atoms with Crippen molar-refractivity contribution < 1.29 is 28.8 Å². The van der Waals surface area contributed by atoms with Crippen molar-refractivity contribution in [3.8, 4) is 11.5 Å². The summed E-state index contributed by atoms with van der Waals surface area (Å²) in [5.74, 6) is 0.554. The molecule has 0 saturated heterocycles. The molecule has 6 nitrogen and oxygen atoms in total. The lowest BCUT2D eigenvalue weighted by atomic mass is 10.0. The van der Waals surface area contributed by atoms with E-state index in [1.165, 1.54) is 12.3 Å². The fourth-order valence-corrected chi connectivity index (χ4v) is 3.65. The molecule has 3 aromatic carbocycles. The Morgan fingerprint density at radius 2 is 1.54 bits per heavy atom. The highest BCUT2D eigenvalue weighted by atomic mass is 35.5. The number of benzene rings is 3. The Kier molecular flexibility index (Phi) is 8.08. The molecule has 7 heteroatoms. The van der Waals surface area contributed by atoms with Gasteiger partial charge < -0.3 is 24.1 Å². The second-order valence-corrected chi connectivity index (χ2v) is 8.12. The predicted octanol–water partition coefficient (Wildman–Crippen LogP) is 5.68. The summed E-state index contributed by atoms with van der Waals surface area (Å²) in [4.78, 5) is 12.0. The molecule has 0 saturated carbocycles. The first-order valence-corrected chi connectivity index (χ1v) is 11.5. The number of halogens is 1. The van der Waals surface area contributed by atoms with Crippen LogP contribution in [0.15, 0.2) is 90.7 Å². The Bertz CT molecular complexity index is 1220. The van der Waals surface area contributed by atoms with E-state index in [1.807, 2.05) is 60.7 Å². The number of carbonyl (C=O) groups excluding carboxylic acids is 1. The van der Waals surface area contributed by atoms with E-state index in [2.05, 4.69) is 0 Å². The van der Waals surface area contributed by atoms with Crippen LogP contribution in [0.5, 0.6) is 11.5 Å². The standard InChI is InChI=1S/C28H25ClO6/c1-2-32-28(31)22-18-35-25(14-24(22)30)21-13-23(29)27(34-17-20-11-7-4-8-12-20)15-26(21)33-16-19-9-5-3-6-10-19/h3-15,18,24,30H,2,16-17H2,1H3. The number of rotatable bonds is 9. The minimum atomic E-state index is -1.20. The van der Waals surface area contributed by atoms with Gasteiger partial charge in [0.05, 0.1) is 17.2 Å². The third-order valence-corrected chi connectivity index (χ3v) is 5.52. The smallest absolute Gasteiger partial charge is 0.340 e. The van der Waals surface area contributed by atoms with E-state index in [-0.39, 0.29) is 12.2 Å². The maximum atomic E-state index is 12.0. The highest BCUT2D eigenvalue weighted by Crippen LogP contribution is 2.39. The summed E-state index contributed by atoms with van der Waals surface area (Å²) in [5.41, 5.74) is 2.49. The van der Waals surface area contributed by atoms with Gasteiger partial charge in [-0.05, 0) is 30.2 Å². The van der Waals surface area contributed by atoms with Crippen LogP contribution in [0, 0.1) is 0 Å². The van der Waals surface area contributed by atoms with E-state index in [0.717, 1.165) is 11.1 Å². The van der Waals surface area contributed by atoms with Crippen molar-refractivity contribution in [1.29, 1.82) is 0 Å². The Morgan fingerprint density at radius 1 is 0.943 bits per heavy atom. The van der Waals surface area contributed by atoms with Crippen LogP contribution in [-0.4, -0.2) is 23.8 Å². The molecule has 4 rings (SSSR count). The molecule has 1 aliphatic heterocycles. The van der Waals surface area contributed by atoms with E-state index in [4.69, 9.17) is 30.5 Å². The van der Waals surface area contributed by atoms with Gasteiger partial charge in [0.15, 0.2) is 0 Å². The van der Waals surface area contributed by atoms with Crippen LogP contribution in [0.4, 0.5) is 0 Å². The van der Waals surface area contributed by atoms with Crippen LogP contribution < -0.4 is 9.47 Å². The van der Waals surface area contributed by atoms with Gasteiger partial charge >= 0.3 is 5.97 Å². The van der Waals surface area contributed by atoms with Gasteiger partial charge in [0, 0.05) is 6.07 Å². The summed E-state index contributed by atoms with van der Waals surface area (Å²) >= 11 is 6.55. The predicted molar refractivity (Wildman–Crippen MR) is 133 cm³/mol. The van der Waals surface area contributed by atoms with Gasteiger partial charge in [-0.25, -0.2) is 4.79 Å². The SMILES string of the molecule is CCOC(=O)C1=COC(c2cc(Cl)c(OCc3ccccc3)cc2OCc2ccccc2)=CC1O. The Balaban J connectivity index is 1.61. The summed E-state index contributed by atoms with van der Waals surface area (Å²) < 4.78 is 22.7. The average Bonchev–Trinajstić information content (AvgIpc) is 2.88. The third kappa shape index (κ3) is 6.23. The first kappa shape index (κ1) is 24.4. The van der Waals surface area contributed by atoms with Crippen LogP contribution in [0.3, 0.4) is 0 Å². The molecule has 3 aromatic rings. The number of aliphatic hydroxyl groups is 1. The van der Waals surface area contributed by atoms with E-state index in [9.17, 15) is 9.90 Å². The molecular formula is C28H25ClO6. The topological polar surface area (TPSA) is 74.2 Å². The van der Waals surface area contributed by atoms with E-state index in [1.54, 1.807) is 19.1 Å². The number of hydrogen-bond acceptors (Lipinski definition) is 6. The van der Waals surface area contributed by atoms with Crippen molar-refractivity contribution in [1.82, 2.24) is 0 Å². The molecule has 1 atom stereocenters. The molecule has 0 fully saturated rings. The molecule has 0 spiro atoms. The first-order chi connectivity index (χ1) is 17.0. The zero-order chi connectivity index (χ0) is 24.6. The van der Waals surface area contributed by atoms with Gasteiger partial charge in [0.2, 0.25) is 0 Å². The zero-order valence-electron chi connectivity index (χ0n) is 19.1. The fraction of sp³-hybridized carbons (Fsp3) is 0.179. The molecule has 1 heterocycles. The second-order valence-electron chi connectivity index (χ2n) is 7.71. The van der Waals surface area contributed by atoms with E-state index < -0.39 is 12.1 Å². The maximum Gasteiger partial charge on any atom is 0.340 e. The largest absolute Gasteiger partial charge is 0.488 e. The Morgan fingerprint density at radius 3 is 2.11 bits per heavy atom. The summed E-state index contributed by atoms with van der Waals surface area (Å²) in [6, 6.07) is 22.8. The number of aliphatic hydroxyl groups excluding tert-OH is 1. The molecule has 0 radical (unpaired) electrons. The van der Waals surface area contributed by atoms with Gasteiger partial charge in [-0.15, -0.1) is 0 Å². The fourth-order valence-electron chi connectivity index (χ4n) is 3.43. The first-order valence-electron chi connectivity index (χ1n) is 11.2. The monoisotopic (exact) mass is 492 g/mol. The van der Waals surface area contributed by atoms with Crippen LogP contribution in [-0.2, 0) is 27.5 Å². The maximum absolute atomic E-state index is 12.0. The van der Waals surface area contributed by atoms with E-state index in [0.29, 0.717) is 41.1 Å². The highest BCUT2D eigenvalue weighted by molar-refractivity contribution is 6.32. The van der Waals surface area contributed by atoms with Crippen LogP contribution in [0.25, 0.3) is 5.76 Å². The Labute approximate surface area is 209 Å². The lowest BCUT2D eigenvalue weighted by molar-refractivity contribution is -0.139. The molecule has 1 aliphatic rings. The molecule has 1 N–H and O–H groups in total. The van der Waals surface area contributed by atoms with Gasteiger partial charge in [-0.1, -0.05) is 72.3 Å². The van der Waals surface area contributed by atoms with Gasteiger partial charge in [-0.2, -0.15) is 0 Å². The summed E-state index contributed by atoms with van der Waals surface area (Å²) in [5, 5.41) is 10.9. The number of carbonyl (C=O) groups is 1. The number of ether oxygens (including phenoxy) is 4. The van der Waals surface area contributed by atoms with Crippen molar-refractivity contribution in [2.24, 2.45) is 0 Å². The summed E-state index contributed by atoms with van der Waals surface area (Å²) in [7, 11) is 0. The minimum Gasteiger partial charge on any atom is -0.488 e. The molecule has 1 unspecified atom stereocenters. The molecular weight excluding hydrogens is 468 g/mol. The minimum absolute atomic E-state index is 0.0104. The molecule has 35 heavy (non-hydrogen) atoms. The average molecular weight is 493 g/mol. The van der Waals surface area contributed by atoms with Gasteiger partial charge in [0.25, 0.3) is 0 Å². The zero-order valence-corrected chi connectivity index (χ0v) is 19.9. The van der Waals surface area contributed by atoms with Gasteiger partial charge in [-0.3, -0.25) is 0 Å². The van der Waals surface area contributed by atoms with Crippen molar-refractivity contribution in [2.75, 3.05) is 6.61 Å². The molecule has 0 amide bonds. The summed E-state index contributed by atoms with van der Waals surface area (Å²) in [6.45, 7) is 2.52. The highest BCUT2D eigenvalue weighted by Gasteiger charge is 2.26. The van der Waals surface area contributed by atoms with Crippen molar-refractivity contribution in [2.45, 2.75) is 26.2 Å². The molecule has 180 valence electrons. The molecule has 0 aromatic heterocycles. The third-order valence-electron chi connectivity index (χ3n) is 5.23. The van der Waals surface area contributed by atoms with Crippen LogP contribution in [0.1, 0.15) is 23.6 Å². The second kappa shape index (κ2) is 11.6. The Hall–Kier alpha value is -3.74. The number of esters is 1. The van der Waals surface area contributed by atoms with Crippen molar-refractivity contribution in [3.63, 3.8) is 0 Å². The van der Waals surface area contributed by atoms with Crippen LogP contribution >= 0.6 is 11.6 Å². The van der Waals surface area contributed by atoms with E-state index >= 15 is 0 Å². The normalized spacial score (nSPS) is 14.9. The molecule has 0 bridgehead atoms. The van der Waals surface area contributed by atoms with Gasteiger partial charge in [0.1, 0.15) is 48.4 Å². The van der Waals surface area contributed by atoms with Crippen molar-refractivity contribution >= 4 is 23.3 Å². The number of hydrogen-bond donors (Lipinski definition) is 1.